The summed E-state index contributed by atoms with van der Waals surface area (Å²) in [7, 11) is 0. The number of hydrogen-bond donors (Lipinski definition) is 1. The summed E-state index contributed by atoms with van der Waals surface area (Å²) in [5.41, 5.74) is 3.80. The Bertz CT molecular complexity index is 784. The first kappa shape index (κ1) is 17.0. The Balaban J connectivity index is 1.56. The van der Waals surface area contributed by atoms with E-state index in [1.807, 2.05) is 56.3 Å². The van der Waals surface area contributed by atoms with Crippen LogP contribution in [0.4, 0.5) is 11.4 Å². The van der Waals surface area contributed by atoms with Crippen molar-refractivity contribution in [3.8, 4) is 5.75 Å². The maximum Gasteiger partial charge on any atom is 0.265 e. The predicted octanol–water partition coefficient (Wildman–Crippen LogP) is 3.45. The van der Waals surface area contributed by atoms with Crippen LogP contribution in [0.15, 0.2) is 42.5 Å². The first-order valence-electron chi connectivity index (χ1n) is 8.43. The number of nitrogens with zero attached hydrogens (tertiary/aromatic N) is 1. The molecule has 0 fully saturated rings. The van der Waals surface area contributed by atoms with Gasteiger partial charge < -0.3 is 15.0 Å². The van der Waals surface area contributed by atoms with Crippen LogP contribution in [0, 0.1) is 13.8 Å². The van der Waals surface area contributed by atoms with E-state index < -0.39 is 0 Å². The van der Waals surface area contributed by atoms with Crippen LogP contribution in [-0.2, 0) is 9.59 Å². The van der Waals surface area contributed by atoms with Gasteiger partial charge in [-0.05, 0) is 50.1 Å². The van der Waals surface area contributed by atoms with Crippen LogP contribution in [0.3, 0.4) is 0 Å². The fourth-order valence-electron chi connectivity index (χ4n) is 2.82. The zero-order valence-corrected chi connectivity index (χ0v) is 14.5. The van der Waals surface area contributed by atoms with Gasteiger partial charge in [0.1, 0.15) is 5.75 Å². The average molecular weight is 338 g/mol. The molecule has 130 valence electrons. The minimum Gasteiger partial charge on any atom is -0.482 e. The molecule has 1 aliphatic rings. The summed E-state index contributed by atoms with van der Waals surface area (Å²) in [4.78, 5) is 26.0. The molecule has 0 saturated heterocycles. The summed E-state index contributed by atoms with van der Waals surface area (Å²) in [6.45, 7) is 4.53. The minimum absolute atomic E-state index is 0.0472. The molecule has 5 nitrogen and oxygen atoms in total. The van der Waals surface area contributed by atoms with Crippen molar-refractivity contribution >= 4 is 23.2 Å². The summed E-state index contributed by atoms with van der Waals surface area (Å²) in [5.74, 6) is 0.598. The van der Waals surface area contributed by atoms with E-state index in [0.29, 0.717) is 25.1 Å². The van der Waals surface area contributed by atoms with Crippen LogP contribution in [0.2, 0.25) is 0 Å². The smallest absolute Gasteiger partial charge is 0.265 e. The summed E-state index contributed by atoms with van der Waals surface area (Å²) in [6, 6.07) is 13.5. The topological polar surface area (TPSA) is 58.6 Å². The standard InChI is InChI=1S/C20H22N2O3/c1-14-5-8-16(9-6-14)21-19(23)4-3-11-22-17-12-15(2)7-10-18(17)25-13-20(22)24/h5-10,12H,3-4,11,13H2,1-2H3,(H,21,23). The quantitative estimate of drug-likeness (QED) is 0.908. The first-order chi connectivity index (χ1) is 12.0. The van der Waals surface area contributed by atoms with Gasteiger partial charge in [0, 0.05) is 18.7 Å². The number of anilines is 2. The molecule has 0 spiro atoms. The van der Waals surface area contributed by atoms with Gasteiger partial charge in [-0.1, -0.05) is 23.8 Å². The highest BCUT2D eigenvalue weighted by Gasteiger charge is 2.25. The highest BCUT2D eigenvalue weighted by molar-refractivity contribution is 5.98. The molecule has 0 aromatic heterocycles. The second-order valence-electron chi connectivity index (χ2n) is 6.32. The van der Waals surface area contributed by atoms with Crippen LogP contribution in [0.25, 0.3) is 0 Å². The van der Waals surface area contributed by atoms with Crippen LogP contribution >= 0.6 is 0 Å². The van der Waals surface area contributed by atoms with Crippen LogP contribution in [0.1, 0.15) is 24.0 Å². The molecular weight excluding hydrogens is 316 g/mol. The molecule has 0 bridgehead atoms. The molecule has 1 aliphatic heterocycles. The highest BCUT2D eigenvalue weighted by Crippen LogP contribution is 2.32. The zero-order chi connectivity index (χ0) is 17.8. The normalized spacial score (nSPS) is 13.2. The molecule has 25 heavy (non-hydrogen) atoms. The van der Waals surface area contributed by atoms with Crippen molar-refractivity contribution in [2.24, 2.45) is 0 Å². The number of benzene rings is 2. The number of ether oxygens (including phenoxy) is 1. The first-order valence-corrected chi connectivity index (χ1v) is 8.43. The molecule has 0 saturated carbocycles. The van der Waals surface area contributed by atoms with Crippen LogP contribution in [0.5, 0.6) is 5.75 Å². The van der Waals surface area contributed by atoms with Crippen LogP contribution < -0.4 is 15.0 Å². The number of hydrogen-bond acceptors (Lipinski definition) is 3. The number of amides is 2. The zero-order valence-electron chi connectivity index (χ0n) is 14.5. The van der Waals surface area contributed by atoms with E-state index in [0.717, 1.165) is 22.5 Å². The summed E-state index contributed by atoms with van der Waals surface area (Å²) in [6.07, 6.45) is 0.955. The molecule has 1 heterocycles. The number of rotatable bonds is 5. The number of fused-ring (bicyclic) bond motifs is 1. The largest absolute Gasteiger partial charge is 0.482 e. The van der Waals surface area contributed by atoms with Gasteiger partial charge in [0.2, 0.25) is 5.91 Å². The maximum absolute atomic E-state index is 12.2. The van der Waals surface area contributed by atoms with Gasteiger partial charge in [0.25, 0.3) is 5.91 Å². The monoisotopic (exact) mass is 338 g/mol. The van der Waals surface area contributed by atoms with E-state index in [1.54, 1.807) is 4.90 Å². The third-order valence-electron chi connectivity index (χ3n) is 4.18. The Morgan fingerprint density at radius 3 is 2.60 bits per heavy atom. The number of carbonyl (C=O) groups excluding carboxylic acids is 2. The lowest BCUT2D eigenvalue weighted by atomic mass is 10.1. The maximum atomic E-state index is 12.2. The van der Waals surface area contributed by atoms with E-state index in [9.17, 15) is 9.59 Å². The molecule has 2 aromatic carbocycles. The molecular formula is C20H22N2O3. The van der Waals surface area contributed by atoms with Crippen LogP contribution in [-0.4, -0.2) is 25.0 Å². The van der Waals surface area contributed by atoms with E-state index >= 15 is 0 Å². The lowest BCUT2D eigenvalue weighted by Crippen LogP contribution is -2.39. The van der Waals surface area contributed by atoms with E-state index in [1.165, 1.54) is 0 Å². The van der Waals surface area contributed by atoms with Crippen molar-refractivity contribution in [2.75, 3.05) is 23.4 Å². The lowest BCUT2D eigenvalue weighted by molar-refractivity contribution is -0.121. The molecule has 1 N–H and O–H groups in total. The molecule has 5 heteroatoms. The van der Waals surface area contributed by atoms with Gasteiger partial charge >= 0.3 is 0 Å². The Labute approximate surface area is 147 Å². The number of carbonyl (C=O) groups is 2. The van der Waals surface area contributed by atoms with Gasteiger partial charge in [-0.15, -0.1) is 0 Å². The Kier molecular flexibility index (Phi) is 5.03. The SMILES string of the molecule is Cc1ccc(NC(=O)CCCN2C(=O)COc3ccc(C)cc32)cc1. The fraction of sp³-hybridized carbons (Fsp3) is 0.300. The molecule has 3 rings (SSSR count). The fourth-order valence-corrected chi connectivity index (χ4v) is 2.82. The average Bonchev–Trinajstić information content (AvgIpc) is 2.59. The summed E-state index contributed by atoms with van der Waals surface area (Å²) in [5, 5.41) is 2.88. The highest BCUT2D eigenvalue weighted by atomic mass is 16.5. The summed E-state index contributed by atoms with van der Waals surface area (Å²) < 4.78 is 5.47. The van der Waals surface area contributed by atoms with Crippen molar-refractivity contribution in [3.63, 3.8) is 0 Å². The Morgan fingerprint density at radius 2 is 1.84 bits per heavy atom. The molecule has 2 aromatic rings. The second kappa shape index (κ2) is 7.38. The van der Waals surface area contributed by atoms with Gasteiger partial charge in [-0.25, -0.2) is 0 Å². The number of nitrogens with one attached hydrogen (secondary N) is 1. The van der Waals surface area contributed by atoms with E-state index in [-0.39, 0.29) is 18.4 Å². The van der Waals surface area contributed by atoms with Crippen molar-refractivity contribution in [2.45, 2.75) is 26.7 Å². The van der Waals surface area contributed by atoms with E-state index in [4.69, 9.17) is 4.74 Å². The molecule has 2 amide bonds. The van der Waals surface area contributed by atoms with Crippen molar-refractivity contribution in [3.05, 3.63) is 53.6 Å². The third-order valence-corrected chi connectivity index (χ3v) is 4.18. The molecule has 0 unspecified atom stereocenters. The second-order valence-corrected chi connectivity index (χ2v) is 6.32. The Hall–Kier alpha value is -2.82. The molecule has 0 radical (unpaired) electrons. The van der Waals surface area contributed by atoms with E-state index in [2.05, 4.69) is 5.32 Å². The van der Waals surface area contributed by atoms with Crippen molar-refractivity contribution < 1.29 is 14.3 Å². The van der Waals surface area contributed by atoms with Gasteiger partial charge in [-0.2, -0.15) is 0 Å². The molecule has 0 atom stereocenters. The van der Waals surface area contributed by atoms with Gasteiger partial charge in [0.05, 0.1) is 5.69 Å². The third kappa shape index (κ3) is 4.18. The molecule has 0 aliphatic carbocycles. The predicted molar refractivity (Wildman–Crippen MR) is 98.1 cm³/mol. The van der Waals surface area contributed by atoms with Crippen molar-refractivity contribution in [1.29, 1.82) is 0 Å². The number of aryl methyl sites for hydroxylation is 2. The van der Waals surface area contributed by atoms with Gasteiger partial charge in [0.15, 0.2) is 6.61 Å². The summed E-state index contributed by atoms with van der Waals surface area (Å²) >= 11 is 0. The van der Waals surface area contributed by atoms with Crippen molar-refractivity contribution in [1.82, 2.24) is 0 Å². The Morgan fingerprint density at radius 1 is 1.12 bits per heavy atom. The van der Waals surface area contributed by atoms with Gasteiger partial charge in [-0.3, -0.25) is 9.59 Å². The minimum atomic E-state index is -0.0722. The lowest BCUT2D eigenvalue weighted by Gasteiger charge is -2.29.